The number of alkyl halides is 2. The van der Waals surface area contributed by atoms with Gasteiger partial charge in [0, 0.05) is 13.1 Å². The van der Waals surface area contributed by atoms with Crippen LogP contribution in [0.4, 0.5) is 8.78 Å². The van der Waals surface area contributed by atoms with Crippen molar-refractivity contribution in [2.75, 3.05) is 26.3 Å². The van der Waals surface area contributed by atoms with E-state index < -0.39 is 6.43 Å². The lowest BCUT2D eigenvalue weighted by Crippen LogP contribution is -2.40. The number of rotatable bonds is 3. The van der Waals surface area contributed by atoms with Crippen molar-refractivity contribution in [1.82, 2.24) is 14.5 Å². The maximum absolute atomic E-state index is 13.2. The molecule has 0 spiro atoms. The van der Waals surface area contributed by atoms with E-state index in [1.54, 1.807) is 24.3 Å². The van der Waals surface area contributed by atoms with Crippen molar-refractivity contribution < 1.29 is 13.5 Å². The van der Waals surface area contributed by atoms with Gasteiger partial charge in [-0.3, -0.25) is 0 Å². The molecule has 1 saturated heterocycles. The molecule has 0 saturated carbocycles. The average Bonchev–Trinajstić information content (AvgIpc) is 2.96. The van der Waals surface area contributed by atoms with Crippen molar-refractivity contribution >= 4 is 23.7 Å². The van der Waals surface area contributed by atoms with E-state index in [0.29, 0.717) is 43.3 Å². The van der Waals surface area contributed by atoms with Gasteiger partial charge in [-0.25, -0.2) is 23.7 Å². The first-order valence-electron chi connectivity index (χ1n) is 7.28. The average molecular weight is 321 g/mol. The van der Waals surface area contributed by atoms with Gasteiger partial charge in [0.05, 0.1) is 24.2 Å². The molecular formula is C15H17F2N5O. The molecule has 3 rings (SSSR count). The normalized spacial score (nSPS) is 16.3. The molecule has 0 aliphatic carbocycles. The molecule has 0 atom stereocenters. The zero-order valence-corrected chi connectivity index (χ0v) is 12.5. The molecule has 2 heterocycles. The second kappa shape index (κ2) is 6.82. The Morgan fingerprint density at radius 3 is 2.74 bits per heavy atom. The van der Waals surface area contributed by atoms with Gasteiger partial charge in [-0.1, -0.05) is 12.1 Å². The van der Waals surface area contributed by atoms with E-state index in [-0.39, 0.29) is 12.5 Å². The van der Waals surface area contributed by atoms with Crippen LogP contribution in [0.3, 0.4) is 0 Å². The van der Waals surface area contributed by atoms with Crippen molar-refractivity contribution in [2.45, 2.75) is 13.1 Å². The third-order valence-electron chi connectivity index (χ3n) is 3.67. The molecule has 122 valence electrons. The van der Waals surface area contributed by atoms with Crippen LogP contribution in [-0.4, -0.2) is 53.4 Å². The summed E-state index contributed by atoms with van der Waals surface area (Å²) in [5.41, 5.74) is 1.15. The molecule has 1 aliphatic heterocycles. The topological polar surface area (TPSA) is 55.0 Å². The van der Waals surface area contributed by atoms with Crippen molar-refractivity contribution in [1.29, 1.82) is 0 Å². The van der Waals surface area contributed by atoms with Crippen LogP contribution in [0.15, 0.2) is 34.3 Å². The molecule has 1 fully saturated rings. The number of morpholine rings is 1. The minimum Gasteiger partial charge on any atom is -0.378 e. The molecule has 6 nitrogen and oxygen atoms in total. The van der Waals surface area contributed by atoms with E-state index in [9.17, 15) is 8.78 Å². The number of hydrogen-bond acceptors (Lipinski definition) is 3. The molecule has 1 aromatic heterocycles. The van der Waals surface area contributed by atoms with Gasteiger partial charge in [0.15, 0.2) is 5.82 Å². The summed E-state index contributed by atoms with van der Waals surface area (Å²) in [5, 5.41) is 0. The second-order valence-electron chi connectivity index (χ2n) is 5.04. The minimum absolute atomic E-state index is 0.0197. The number of guanidine groups is 1. The molecule has 0 bridgehead atoms. The summed E-state index contributed by atoms with van der Waals surface area (Å²) in [6, 6.07) is 7.01. The maximum Gasteiger partial charge on any atom is 0.295 e. The van der Waals surface area contributed by atoms with Gasteiger partial charge in [0.25, 0.3) is 6.43 Å². The maximum atomic E-state index is 13.2. The van der Waals surface area contributed by atoms with Crippen LogP contribution < -0.4 is 0 Å². The minimum atomic E-state index is -2.67. The van der Waals surface area contributed by atoms with Gasteiger partial charge in [-0.2, -0.15) is 0 Å². The lowest BCUT2D eigenvalue weighted by molar-refractivity contribution is 0.0674. The number of benzene rings is 1. The van der Waals surface area contributed by atoms with E-state index in [2.05, 4.69) is 21.7 Å². The van der Waals surface area contributed by atoms with Crippen LogP contribution in [0.25, 0.3) is 11.0 Å². The standard InChI is InChI=1S/C15H17F2N5O/c1-18-15(21-6-8-23-9-7-21)19-10-22-12-5-3-2-4-11(12)20-14(22)13(16)17/h2-5,13H,1,6-10H2/b19-15+. The Labute approximate surface area is 132 Å². The van der Waals surface area contributed by atoms with E-state index in [0.717, 1.165) is 0 Å². The first-order chi connectivity index (χ1) is 11.2. The molecular weight excluding hydrogens is 304 g/mol. The van der Waals surface area contributed by atoms with Gasteiger partial charge in [-0.15, -0.1) is 0 Å². The molecule has 1 aromatic carbocycles. The van der Waals surface area contributed by atoms with Crippen LogP contribution in [0.5, 0.6) is 0 Å². The highest BCUT2D eigenvalue weighted by Gasteiger charge is 2.19. The Hall–Kier alpha value is -2.35. The highest BCUT2D eigenvalue weighted by Crippen LogP contribution is 2.24. The van der Waals surface area contributed by atoms with Gasteiger partial charge < -0.3 is 14.2 Å². The van der Waals surface area contributed by atoms with E-state index in [1.807, 2.05) is 4.90 Å². The Bertz CT molecular complexity index is 722. The van der Waals surface area contributed by atoms with Crippen molar-refractivity contribution in [3.8, 4) is 0 Å². The smallest absolute Gasteiger partial charge is 0.295 e. The number of fused-ring (bicyclic) bond motifs is 1. The molecule has 0 unspecified atom stereocenters. The van der Waals surface area contributed by atoms with E-state index in [1.165, 1.54) is 4.57 Å². The fourth-order valence-electron chi connectivity index (χ4n) is 2.56. The molecule has 0 radical (unpaired) electrons. The number of imidazole rings is 1. The van der Waals surface area contributed by atoms with Crippen LogP contribution >= 0.6 is 0 Å². The number of para-hydroxylation sites is 2. The summed E-state index contributed by atoms with van der Waals surface area (Å²) in [7, 11) is 0. The van der Waals surface area contributed by atoms with Gasteiger partial charge >= 0.3 is 0 Å². The highest BCUT2D eigenvalue weighted by molar-refractivity contribution is 5.84. The molecule has 23 heavy (non-hydrogen) atoms. The highest BCUT2D eigenvalue weighted by atomic mass is 19.3. The van der Waals surface area contributed by atoms with Crippen molar-refractivity contribution in [2.24, 2.45) is 9.98 Å². The van der Waals surface area contributed by atoms with Crippen molar-refractivity contribution in [3.63, 3.8) is 0 Å². The fourth-order valence-corrected chi connectivity index (χ4v) is 2.56. The summed E-state index contributed by atoms with van der Waals surface area (Å²) >= 11 is 0. The third-order valence-corrected chi connectivity index (χ3v) is 3.67. The Kier molecular flexibility index (Phi) is 4.61. The number of ether oxygens (including phenoxy) is 1. The molecule has 8 heteroatoms. The summed E-state index contributed by atoms with van der Waals surface area (Å²) in [5.74, 6) is 0.145. The third kappa shape index (κ3) is 3.21. The Morgan fingerprint density at radius 2 is 2.04 bits per heavy atom. The monoisotopic (exact) mass is 321 g/mol. The number of nitrogens with zero attached hydrogens (tertiary/aromatic N) is 5. The number of halogens is 2. The molecule has 0 N–H and O–H groups in total. The van der Waals surface area contributed by atoms with Gasteiger partial charge in [-0.05, 0) is 18.9 Å². The van der Waals surface area contributed by atoms with E-state index in [4.69, 9.17) is 4.74 Å². The molecule has 2 aromatic rings. The van der Waals surface area contributed by atoms with Crippen LogP contribution in [0.1, 0.15) is 12.2 Å². The van der Waals surface area contributed by atoms with Crippen LogP contribution in [0, 0.1) is 0 Å². The number of hydrogen-bond donors (Lipinski definition) is 0. The zero-order valence-electron chi connectivity index (χ0n) is 12.5. The lowest BCUT2D eigenvalue weighted by atomic mass is 10.3. The Morgan fingerprint density at radius 1 is 1.30 bits per heavy atom. The van der Waals surface area contributed by atoms with Crippen molar-refractivity contribution in [3.05, 3.63) is 30.1 Å². The summed E-state index contributed by atoms with van der Waals surface area (Å²) in [4.78, 5) is 14.2. The first kappa shape index (κ1) is 15.5. The van der Waals surface area contributed by atoms with Gasteiger partial charge in [0.1, 0.15) is 6.67 Å². The van der Waals surface area contributed by atoms with Gasteiger partial charge in [0.2, 0.25) is 5.96 Å². The summed E-state index contributed by atoms with van der Waals surface area (Å²) in [6.45, 7) is 6.03. The zero-order chi connectivity index (χ0) is 16.2. The SMILES string of the molecule is C=N/C(=N\Cn1c(C(F)F)nc2ccccc21)N1CCOCC1. The Balaban J connectivity index is 1.91. The lowest BCUT2D eigenvalue weighted by Gasteiger charge is -2.27. The predicted molar refractivity (Wildman–Crippen MR) is 84.1 cm³/mol. The van der Waals surface area contributed by atoms with Crippen LogP contribution in [-0.2, 0) is 11.4 Å². The quantitative estimate of drug-likeness (QED) is 0.644. The van der Waals surface area contributed by atoms with E-state index >= 15 is 0 Å². The molecule has 1 aliphatic rings. The summed E-state index contributed by atoms with van der Waals surface area (Å²) in [6.07, 6.45) is -2.67. The van der Waals surface area contributed by atoms with Crippen LogP contribution in [0.2, 0.25) is 0 Å². The second-order valence-corrected chi connectivity index (χ2v) is 5.04. The first-order valence-corrected chi connectivity index (χ1v) is 7.28. The summed E-state index contributed by atoms with van der Waals surface area (Å²) < 4.78 is 33.2. The molecule has 0 amide bonds. The fraction of sp³-hybridized carbons (Fsp3) is 0.400. The number of aliphatic imine (C=N–C) groups is 2. The predicted octanol–water partition coefficient (Wildman–Crippen LogP) is 2.32. The largest absolute Gasteiger partial charge is 0.378 e. The number of aromatic nitrogens is 2.